The van der Waals surface area contributed by atoms with Crippen molar-refractivity contribution < 1.29 is 24.5 Å². The van der Waals surface area contributed by atoms with Gasteiger partial charge in [0.25, 0.3) is 5.56 Å². The van der Waals surface area contributed by atoms with Crippen molar-refractivity contribution in [3.63, 3.8) is 0 Å². The molecule has 3 heterocycles. The number of H-pyrrole nitrogens is 1. The first kappa shape index (κ1) is 18.9. The van der Waals surface area contributed by atoms with Crippen molar-refractivity contribution in [1.82, 2.24) is 30.2 Å². The number of aliphatic hydroxyl groups excluding tert-OH is 2. The van der Waals surface area contributed by atoms with Crippen molar-refractivity contribution in [1.29, 1.82) is 0 Å². The van der Waals surface area contributed by atoms with Crippen LogP contribution < -0.4 is 16.2 Å². The van der Waals surface area contributed by atoms with E-state index in [1.165, 1.54) is 31.1 Å². The first-order valence-corrected chi connectivity index (χ1v) is 8.22. The summed E-state index contributed by atoms with van der Waals surface area (Å²) in [6, 6.07) is -1.87. The van der Waals surface area contributed by atoms with E-state index in [4.69, 9.17) is 4.74 Å². The van der Waals surface area contributed by atoms with E-state index in [1.54, 1.807) is 0 Å². The Morgan fingerprint density at radius 1 is 1.26 bits per heavy atom. The van der Waals surface area contributed by atoms with Crippen LogP contribution in [0.3, 0.4) is 0 Å². The molecular formula is C15H20N6O6. The maximum atomic E-state index is 11.9. The van der Waals surface area contributed by atoms with Crippen LogP contribution in [0.4, 0.5) is 0 Å². The third-order valence-electron chi connectivity index (χ3n) is 4.32. The molecular weight excluding hydrogens is 360 g/mol. The van der Waals surface area contributed by atoms with Gasteiger partial charge in [-0.05, 0) is 0 Å². The normalized spacial score (nSPS) is 28.1. The summed E-state index contributed by atoms with van der Waals surface area (Å²) in [5, 5.41) is 25.3. The first-order chi connectivity index (χ1) is 12.8. The fraction of sp³-hybridized carbons (Fsp3) is 0.533. The molecule has 0 unspecified atom stereocenters. The van der Waals surface area contributed by atoms with E-state index in [0.29, 0.717) is 0 Å². The summed E-state index contributed by atoms with van der Waals surface area (Å²) < 4.78 is 7.18. The van der Waals surface area contributed by atoms with E-state index in [0.717, 1.165) is 0 Å². The number of ether oxygens (including phenoxy) is 1. The van der Waals surface area contributed by atoms with Crippen molar-refractivity contribution in [3.8, 4) is 0 Å². The Kier molecular flexibility index (Phi) is 5.21. The number of hydrogen-bond donors (Lipinski definition) is 5. The summed E-state index contributed by atoms with van der Waals surface area (Å²) in [5.41, 5.74) is -0.207. The number of carbonyl (C=O) groups excluding carboxylic acids is 2. The highest BCUT2D eigenvalue weighted by Crippen LogP contribution is 2.30. The molecule has 12 heteroatoms. The lowest BCUT2D eigenvalue weighted by molar-refractivity contribution is -0.187. The maximum Gasteiger partial charge on any atom is 0.278 e. The number of hydrogen-bond acceptors (Lipinski definition) is 8. The van der Waals surface area contributed by atoms with Crippen LogP contribution in [0, 0.1) is 0 Å². The number of rotatable bonds is 4. The van der Waals surface area contributed by atoms with E-state index in [1.807, 2.05) is 0 Å². The Bertz CT molecular complexity index is 910. The van der Waals surface area contributed by atoms with Gasteiger partial charge in [0, 0.05) is 13.8 Å². The maximum absolute atomic E-state index is 11.9. The molecule has 0 bridgehead atoms. The quantitative estimate of drug-likeness (QED) is 0.383. The third kappa shape index (κ3) is 3.54. The molecule has 3 rings (SSSR count). The van der Waals surface area contributed by atoms with Crippen LogP contribution in [0.2, 0.25) is 0 Å². The summed E-state index contributed by atoms with van der Waals surface area (Å²) in [4.78, 5) is 45.8. The van der Waals surface area contributed by atoms with E-state index in [-0.39, 0.29) is 11.2 Å². The standard InChI is InChI=1S/C15H20N6O6/c1-6(23)19-9-10(20-7(2)24)15(27-8(3-22)12(9)25)21-5-18-11-13(21)16-4-17-14(11)26/h4-5,8-10,12,15,22,25H,3H2,1-2H3,(H,19,23)(H,20,24)(H,16,17,26)/t8-,9-,10-,12-,15-/m1/s1. The minimum absolute atomic E-state index is 0.0606. The van der Waals surface area contributed by atoms with Crippen LogP contribution in [0.5, 0.6) is 0 Å². The summed E-state index contributed by atoms with van der Waals surface area (Å²) in [5.74, 6) is -0.856. The molecule has 27 heavy (non-hydrogen) atoms. The molecule has 0 aromatic carbocycles. The van der Waals surface area contributed by atoms with Gasteiger partial charge in [0.15, 0.2) is 17.4 Å². The highest BCUT2D eigenvalue weighted by molar-refractivity contribution is 5.75. The molecule has 1 fully saturated rings. The zero-order valence-corrected chi connectivity index (χ0v) is 14.6. The third-order valence-corrected chi connectivity index (χ3v) is 4.32. The minimum atomic E-state index is -1.28. The molecule has 12 nitrogen and oxygen atoms in total. The van der Waals surface area contributed by atoms with Gasteiger partial charge in [-0.2, -0.15) is 0 Å². The van der Waals surface area contributed by atoms with Gasteiger partial charge in [0.1, 0.15) is 12.2 Å². The number of imidazole rings is 1. The van der Waals surface area contributed by atoms with E-state index in [2.05, 4.69) is 25.6 Å². The molecule has 5 atom stereocenters. The van der Waals surface area contributed by atoms with Gasteiger partial charge in [0.05, 0.1) is 31.3 Å². The van der Waals surface area contributed by atoms with E-state index < -0.39 is 54.5 Å². The van der Waals surface area contributed by atoms with Crippen LogP contribution in [-0.2, 0) is 14.3 Å². The lowest BCUT2D eigenvalue weighted by atomic mass is 9.92. The topological polar surface area (TPSA) is 171 Å². The first-order valence-electron chi connectivity index (χ1n) is 8.22. The second-order valence-corrected chi connectivity index (χ2v) is 6.25. The van der Waals surface area contributed by atoms with Gasteiger partial charge >= 0.3 is 0 Å². The number of aliphatic hydroxyl groups is 2. The highest BCUT2D eigenvalue weighted by Gasteiger charge is 2.47. The fourth-order valence-electron chi connectivity index (χ4n) is 3.21. The molecule has 0 saturated carbocycles. The number of fused-ring (bicyclic) bond motifs is 1. The Labute approximate surface area is 152 Å². The lowest BCUT2D eigenvalue weighted by Crippen LogP contribution is -2.67. The Hall–Kier alpha value is -2.83. The van der Waals surface area contributed by atoms with Crippen LogP contribution in [-0.4, -0.2) is 72.4 Å². The molecule has 146 valence electrons. The number of carbonyl (C=O) groups is 2. The Balaban J connectivity index is 2.10. The molecule has 2 aromatic rings. The number of aromatic nitrogens is 4. The van der Waals surface area contributed by atoms with Gasteiger partial charge in [-0.15, -0.1) is 0 Å². The van der Waals surface area contributed by atoms with Gasteiger partial charge < -0.3 is 30.6 Å². The van der Waals surface area contributed by atoms with Crippen molar-refractivity contribution in [2.24, 2.45) is 0 Å². The van der Waals surface area contributed by atoms with Gasteiger partial charge in [0.2, 0.25) is 11.8 Å². The van der Waals surface area contributed by atoms with E-state index in [9.17, 15) is 24.6 Å². The summed E-state index contributed by atoms with van der Waals surface area (Å²) in [7, 11) is 0. The van der Waals surface area contributed by atoms with Gasteiger partial charge in [-0.1, -0.05) is 0 Å². The molecule has 1 saturated heterocycles. The zero-order chi connectivity index (χ0) is 19.7. The van der Waals surface area contributed by atoms with Crippen molar-refractivity contribution in [3.05, 3.63) is 23.0 Å². The second kappa shape index (κ2) is 7.42. The number of amides is 2. The van der Waals surface area contributed by atoms with Crippen LogP contribution >= 0.6 is 0 Å². The summed E-state index contributed by atoms with van der Waals surface area (Å²) in [6.45, 7) is 2.02. The van der Waals surface area contributed by atoms with Crippen molar-refractivity contribution >= 4 is 23.0 Å². The average molecular weight is 380 g/mol. The molecule has 1 aliphatic rings. The van der Waals surface area contributed by atoms with Crippen molar-refractivity contribution in [2.45, 2.75) is 44.4 Å². The van der Waals surface area contributed by atoms with Crippen LogP contribution in [0.25, 0.3) is 11.2 Å². The Morgan fingerprint density at radius 3 is 2.56 bits per heavy atom. The molecule has 1 aliphatic heterocycles. The lowest BCUT2D eigenvalue weighted by Gasteiger charge is -2.45. The predicted octanol–water partition coefficient (Wildman–Crippen LogP) is -2.62. The number of nitrogens with zero attached hydrogens (tertiary/aromatic N) is 3. The van der Waals surface area contributed by atoms with Gasteiger partial charge in [-0.3, -0.25) is 19.0 Å². The molecule has 0 aliphatic carbocycles. The predicted molar refractivity (Wildman–Crippen MR) is 90.4 cm³/mol. The zero-order valence-electron chi connectivity index (χ0n) is 14.6. The fourth-order valence-corrected chi connectivity index (χ4v) is 3.21. The molecule has 0 spiro atoms. The average Bonchev–Trinajstić information content (AvgIpc) is 3.03. The number of nitrogens with one attached hydrogen (secondary N) is 3. The SMILES string of the molecule is CC(=O)N[C@@H]1[C@@H](NC(C)=O)[C@H](O)[C@@H](CO)O[C@H]1n1cnc2c(=O)[nH]cnc21. The smallest absolute Gasteiger partial charge is 0.278 e. The molecule has 0 radical (unpaired) electrons. The second-order valence-electron chi connectivity index (χ2n) is 6.25. The monoisotopic (exact) mass is 380 g/mol. The largest absolute Gasteiger partial charge is 0.394 e. The Morgan fingerprint density at radius 2 is 1.93 bits per heavy atom. The highest BCUT2D eigenvalue weighted by atomic mass is 16.5. The van der Waals surface area contributed by atoms with E-state index >= 15 is 0 Å². The van der Waals surface area contributed by atoms with Crippen LogP contribution in [0.15, 0.2) is 17.4 Å². The molecule has 2 aromatic heterocycles. The minimum Gasteiger partial charge on any atom is -0.394 e. The van der Waals surface area contributed by atoms with Crippen LogP contribution in [0.1, 0.15) is 20.1 Å². The molecule has 5 N–H and O–H groups in total. The number of aromatic amines is 1. The summed E-state index contributed by atoms with van der Waals surface area (Å²) >= 11 is 0. The summed E-state index contributed by atoms with van der Waals surface area (Å²) in [6.07, 6.45) is -0.813. The van der Waals surface area contributed by atoms with Crippen molar-refractivity contribution in [2.75, 3.05) is 6.61 Å². The molecule has 2 amide bonds. The van der Waals surface area contributed by atoms with Gasteiger partial charge in [-0.25, -0.2) is 9.97 Å².